The number of aliphatic hydroxyl groups excluding tert-OH is 28. The standard InChI is InChI=1S/C80H135N7O55/c1-20-45(104)59(118)61(120)77(126-20)123-17-29(103)64(46(105)28(9-88)81-21(2)96)136-76-44(87-27(8)102)58(117)65(35(15-94)132-76)138-78-63(122)68(140-80-70(142-75-43(86-26(7)101)57(116)51(110)34(14-93)131-75)62(121)66(36(16-95)133-80)137-72-40(83-23(4)98)54(113)48(107)31(11-90)128-72)67(139-73-41(84-24(5)99)55(114)49(108)32(12-91)129-73)38(135-78)19-125-79-69(141-74-42(85-25(6)100)56(115)50(109)33(13-92)130-74)60(119)52(111)37(134-79)18-124-71-39(82-22(3)97)53(112)47(106)30(10-89)127-71/h20,28-80,88-95,103-122H,9-19H2,1-8H3,(H,81,96)(H,82,97)(H,83,98)(H,84,99)(H,85,100)(H,86,101)(H,87,102)/t20-,28-,29+,30+,31+,32+,33+,34+,35+,36+,37+,38+,39+,40+,41+,42+,43+,44+,45+,46+,47+,48+,49+,50+,51+,52+,53+,54+,55+,56+,57+,58+,59-,60-,61-,62-,63-,64+,65+,66+,67+,68+,69-,70-,71+,72-,73-,74-,75-,76-,77+,78-,79-,80+/m0/s1. The van der Waals surface area contributed by atoms with E-state index in [-0.39, 0.29) is 0 Å². The molecule has 10 aliphatic heterocycles. The van der Waals surface area contributed by atoms with E-state index in [0.717, 1.165) is 48.5 Å². The van der Waals surface area contributed by atoms with Gasteiger partial charge in [0.1, 0.15) is 256 Å². The molecular weight excluding hydrogens is 1940 g/mol. The van der Waals surface area contributed by atoms with Gasteiger partial charge in [0.2, 0.25) is 41.4 Å². The van der Waals surface area contributed by atoms with Gasteiger partial charge in [-0.3, -0.25) is 33.6 Å². The molecule has 54 atom stereocenters. The lowest BCUT2D eigenvalue weighted by molar-refractivity contribution is -0.412. The van der Waals surface area contributed by atoms with Crippen LogP contribution in [0.5, 0.6) is 0 Å². The Labute approximate surface area is 806 Å². The van der Waals surface area contributed by atoms with Gasteiger partial charge in [-0.25, -0.2) is 0 Å². The van der Waals surface area contributed by atoms with Crippen LogP contribution < -0.4 is 37.2 Å². The molecule has 142 heavy (non-hydrogen) atoms. The van der Waals surface area contributed by atoms with Crippen LogP contribution in [0.4, 0.5) is 0 Å². The summed E-state index contributed by atoms with van der Waals surface area (Å²) in [4.78, 5) is 91.2. The van der Waals surface area contributed by atoms with Gasteiger partial charge in [-0.05, 0) is 6.92 Å². The summed E-state index contributed by atoms with van der Waals surface area (Å²) in [5.41, 5.74) is 0. The number of amides is 7. The maximum absolute atomic E-state index is 13.8. The van der Waals surface area contributed by atoms with Gasteiger partial charge in [0.15, 0.2) is 62.9 Å². The summed E-state index contributed by atoms with van der Waals surface area (Å²) in [6.45, 7) is -5.83. The molecule has 10 rings (SSSR count). The Balaban J connectivity index is 1.17. The minimum Gasteiger partial charge on any atom is -0.394 e. The smallest absolute Gasteiger partial charge is 0.217 e. The summed E-state index contributed by atoms with van der Waals surface area (Å²) in [5.74, 6) is -6.91. The number of carbonyl (C=O) groups excluding carboxylic acids is 7. The van der Waals surface area contributed by atoms with E-state index in [1.807, 2.05) is 0 Å². The molecule has 10 aliphatic rings. The normalized spacial score (nSPS) is 45.2. The number of hydrogen-bond donors (Lipinski definition) is 35. The first-order valence-corrected chi connectivity index (χ1v) is 45.4. The Kier molecular flexibility index (Phi) is 43.9. The fraction of sp³-hybridized carbons (Fsp3) is 0.912. The molecule has 0 aromatic carbocycles. The second kappa shape index (κ2) is 52.7. The topological polar surface area (TPSA) is 955 Å². The molecule has 0 spiro atoms. The van der Waals surface area contributed by atoms with E-state index in [4.69, 9.17) is 94.7 Å². The van der Waals surface area contributed by atoms with Crippen LogP contribution in [0.3, 0.4) is 0 Å². The van der Waals surface area contributed by atoms with Gasteiger partial charge in [-0.15, -0.1) is 0 Å². The van der Waals surface area contributed by atoms with Crippen LogP contribution in [0.25, 0.3) is 0 Å². The van der Waals surface area contributed by atoms with Crippen LogP contribution >= 0.6 is 0 Å². The predicted octanol–water partition coefficient (Wildman–Crippen LogP) is -23.3. The predicted molar refractivity (Wildman–Crippen MR) is 444 cm³/mol. The Morgan fingerprint density at radius 2 is 0.570 bits per heavy atom. The van der Waals surface area contributed by atoms with Crippen molar-refractivity contribution in [3.05, 3.63) is 0 Å². The first-order valence-electron chi connectivity index (χ1n) is 45.4. The van der Waals surface area contributed by atoms with Crippen molar-refractivity contribution >= 4 is 41.4 Å². The number of aliphatic hydroxyl groups is 28. The van der Waals surface area contributed by atoms with Gasteiger partial charge in [-0.1, -0.05) is 0 Å². The van der Waals surface area contributed by atoms with Crippen molar-refractivity contribution in [2.24, 2.45) is 0 Å². The maximum Gasteiger partial charge on any atom is 0.217 e. The average Bonchev–Trinajstić information content (AvgIpc) is 0.722. The van der Waals surface area contributed by atoms with E-state index in [9.17, 15) is 177 Å². The third kappa shape index (κ3) is 27.8. The summed E-state index contributed by atoms with van der Waals surface area (Å²) >= 11 is 0. The number of nitrogens with one attached hydrogen (secondary N) is 7. The molecule has 0 aliphatic carbocycles. The highest BCUT2D eigenvalue weighted by Crippen LogP contribution is 2.42. The van der Waals surface area contributed by atoms with E-state index in [2.05, 4.69) is 37.2 Å². The summed E-state index contributed by atoms with van der Waals surface area (Å²) in [6, 6.07) is -13.9. The second-order valence-corrected chi connectivity index (χ2v) is 35.8. The zero-order valence-corrected chi connectivity index (χ0v) is 77.5. The molecule has 10 fully saturated rings. The van der Waals surface area contributed by atoms with Crippen molar-refractivity contribution in [3.8, 4) is 0 Å². The number of rotatable bonds is 41. The van der Waals surface area contributed by atoms with Gasteiger partial charge < -0.3 is 275 Å². The molecular formula is C80H135N7O55. The number of carbonyl (C=O) groups is 7. The summed E-state index contributed by atoms with van der Waals surface area (Å²) in [6.07, 6.45) is -105. The third-order valence-corrected chi connectivity index (χ3v) is 25.4. The lowest BCUT2D eigenvalue weighted by Crippen LogP contribution is -2.72. The fourth-order valence-electron chi connectivity index (χ4n) is 18.0. The van der Waals surface area contributed by atoms with E-state index in [0.29, 0.717) is 0 Å². The van der Waals surface area contributed by atoms with Gasteiger partial charge in [0.05, 0.1) is 84.8 Å². The van der Waals surface area contributed by atoms with Crippen molar-refractivity contribution in [2.75, 3.05) is 72.7 Å². The minimum absolute atomic E-state index is 0.841. The Bertz CT molecular complexity index is 3970. The van der Waals surface area contributed by atoms with Crippen LogP contribution in [-0.2, 0) is 128 Å². The molecule has 62 nitrogen and oxygen atoms in total. The highest BCUT2D eigenvalue weighted by atomic mass is 16.8. The molecule has 62 heteroatoms. The van der Waals surface area contributed by atoms with Crippen LogP contribution in [-0.4, -0.2) is 588 Å². The van der Waals surface area contributed by atoms with Crippen LogP contribution in [0.2, 0.25) is 0 Å². The van der Waals surface area contributed by atoms with Gasteiger partial charge in [0, 0.05) is 48.5 Å². The molecule has 0 radical (unpaired) electrons. The molecule has 35 N–H and O–H groups in total. The molecule has 0 saturated carbocycles. The molecule has 7 amide bonds. The van der Waals surface area contributed by atoms with Crippen molar-refractivity contribution in [1.82, 2.24) is 37.2 Å². The monoisotopic (exact) mass is 2070 g/mol. The number of hydrogen-bond acceptors (Lipinski definition) is 55. The lowest BCUT2D eigenvalue weighted by Gasteiger charge is -2.53. The fourth-order valence-corrected chi connectivity index (χ4v) is 18.0. The minimum atomic E-state index is -2.93. The number of ether oxygens (including phenoxy) is 20. The molecule has 0 aromatic rings. The average molecular weight is 2070 g/mol. The van der Waals surface area contributed by atoms with Crippen molar-refractivity contribution in [1.29, 1.82) is 0 Å². The summed E-state index contributed by atoms with van der Waals surface area (Å²) < 4.78 is 124. The Hall–Kier alpha value is -5.63. The van der Waals surface area contributed by atoms with E-state index in [1.54, 1.807) is 0 Å². The van der Waals surface area contributed by atoms with Crippen LogP contribution in [0.15, 0.2) is 0 Å². The Morgan fingerprint density at radius 3 is 0.965 bits per heavy atom. The van der Waals surface area contributed by atoms with E-state index in [1.165, 1.54) is 6.92 Å². The zero-order valence-electron chi connectivity index (χ0n) is 77.5. The van der Waals surface area contributed by atoms with Crippen molar-refractivity contribution in [2.45, 2.75) is 386 Å². The highest BCUT2D eigenvalue weighted by molar-refractivity contribution is 5.75. The third-order valence-electron chi connectivity index (χ3n) is 25.4. The summed E-state index contributed by atoms with van der Waals surface area (Å²) in [5, 5.41) is 338. The second-order valence-electron chi connectivity index (χ2n) is 35.8. The van der Waals surface area contributed by atoms with Crippen molar-refractivity contribution in [3.63, 3.8) is 0 Å². The van der Waals surface area contributed by atoms with Gasteiger partial charge >= 0.3 is 0 Å². The van der Waals surface area contributed by atoms with Gasteiger partial charge in [0.25, 0.3) is 0 Å². The maximum atomic E-state index is 13.8. The molecule has 0 unspecified atom stereocenters. The van der Waals surface area contributed by atoms with Crippen molar-refractivity contribution < 1.29 is 271 Å². The molecule has 0 aromatic heterocycles. The van der Waals surface area contributed by atoms with Crippen LogP contribution in [0, 0.1) is 0 Å². The highest BCUT2D eigenvalue weighted by Gasteiger charge is 2.63. The molecule has 0 bridgehead atoms. The largest absolute Gasteiger partial charge is 0.394 e. The first-order chi connectivity index (χ1) is 67.0. The molecule has 820 valence electrons. The quantitative estimate of drug-likeness (QED) is 0.0270. The lowest BCUT2D eigenvalue weighted by atomic mass is 9.93. The molecule has 10 heterocycles. The van der Waals surface area contributed by atoms with E-state index < -0.39 is 445 Å². The molecule has 10 saturated heterocycles. The van der Waals surface area contributed by atoms with Gasteiger partial charge in [-0.2, -0.15) is 0 Å². The van der Waals surface area contributed by atoms with Crippen LogP contribution in [0.1, 0.15) is 55.4 Å². The van der Waals surface area contributed by atoms with E-state index >= 15 is 0 Å². The Morgan fingerprint density at radius 1 is 0.261 bits per heavy atom. The SMILES string of the molecule is CC(=O)N[C@H]1[C@H](O[C@@H]([C@H](O)[C@H](CO)NC(C)=O)[C@H](O)CO[C@@H]2O[C@@H](C)[C@@H](O)[C@H](O)[C@@H]2O)O[C@H](CO)[C@@H](O[C@@H]2O[C@H](CO[C@H]3O[C@H](CO[C@@H]4O[C@H](CO)[C@@H](O)[C@H](O)[C@H]4NC(C)=O)[C@@H](O)[C@H](O)[C@@H]3O[C@@H]3O[C@H](CO)[C@@H](O)[C@H](O)[C@H]3NC(C)=O)[C@@H](O[C@@H]3O[C@H](CO)[C@@H](O)[C@H](O)[C@H]3NC(C)=O)[C@H](O[C@H]3O[C@H](CO)[C@@H](O[C@@H]4O[C@H](CO)[C@@H](O)[C@H](O)[C@H]4NC(C)=O)[C@H](O)[C@@H]3O[C@@H]3O[C@H](CO)[C@@H](O)[C@H](O)[C@H]3NC(C)=O)[C@@H]2O)[C@@H]1O. The summed E-state index contributed by atoms with van der Waals surface area (Å²) in [7, 11) is 0. The zero-order chi connectivity index (χ0) is 105. The first kappa shape index (κ1) is 118.